The number of nitrogens with one attached hydrogen (secondary N) is 1. The summed E-state index contributed by atoms with van der Waals surface area (Å²) < 4.78 is 1.13. The Labute approximate surface area is 136 Å². The van der Waals surface area contributed by atoms with Gasteiger partial charge in [-0.3, -0.25) is 0 Å². The maximum Gasteiger partial charge on any atom is 0.0207 e. The summed E-state index contributed by atoms with van der Waals surface area (Å²) >= 11 is 3.47. The SMILES string of the molecule is CC(CC(C)(C)c1ccccc1)NCc1ccc(Br)cc1. The lowest BCUT2D eigenvalue weighted by molar-refractivity contribution is 0.388. The fraction of sp³-hybridized carbons (Fsp3) is 0.368. The molecule has 21 heavy (non-hydrogen) atoms. The molecule has 0 spiro atoms. The standard InChI is InChI=1S/C19H24BrN/c1-15(21-14-16-9-11-18(20)12-10-16)13-19(2,3)17-7-5-4-6-8-17/h4-12,15,21H,13-14H2,1-3H3. The molecule has 0 bridgehead atoms. The van der Waals surface area contributed by atoms with Crippen LogP contribution in [0.2, 0.25) is 0 Å². The maximum atomic E-state index is 3.63. The number of rotatable bonds is 6. The molecule has 1 N–H and O–H groups in total. The predicted molar refractivity (Wildman–Crippen MR) is 94.5 cm³/mol. The van der Waals surface area contributed by atoms with E-state index in [0.717, 1.165) is 17.4 Å². The molecule has 0 aromatic heterocycles. The molecule has 0 amide bonds. The molecule has 2 aromatic carbocycles. The zero-order chi connectivity index (χ0) is 15.3. The van der Waals surface area contributed by atoms with Crippen LogP contribution in [0.25, 0.3) is 0 Å². The van der Waals surface area contributed by atoms with Crippen LogP contribution in [0, 0.1) is 0 Å². The van der Waals surface area contributed by atoms with Crippen molar-refractivity contribution < 1.29 is 0 Å². The van der Waals surface area contributed by atoms with E-state index in [1.165, 1.54) is 11.1 Å². The van der Waals surface area contributed by atoms with E-state index in [1.807, 2.05) is 0 Å². The van der Waals surface area contributed by atoms with Crippen LogP contribution in [-0.2, 0) is 12.0 Å². The number of halogens is 1. The van der Waals surface area contributed by atoms with Gasteiger partial charge >= 0.3 is 0 Å². The molecular weight excluding hydrogens is 322 g/mol. The van der Waals surface area contributed by atoms with Crippen molar-refractivity contribution in [1.29, 1.82) is 0 Å². The lowest BCUT2D eigenvalue weighted by Crippen LogP contribution is -2.32. The molecule has 112 valence electrons. The maximum absolute atomic E-state index is 3.63. The second-order valence-electron chi connectivity index (χ2n) is 6.36. The minimum atomic E-state index is 0.188. The molecule has 0 aliphatic carbocycles. The van der Waals surface area contributed by atoms with Crippen LogP contribution < -0.4 is 5.32 Å². The largest absolute Gasteiger partial charge is 0.310 e. The van der Waals surface area contributed by atoms with Crippen molar-refractivity contribution >= 4 is 15.9 Å². The highest BCUT2D eigenvalue weighted by atomic mass is 79.9. The summed E-state index contributed by atoms with van der Waals surface area (Å²) in [5.74, 6) is 0. The third-order valence-corrected chi connectivity index (χ3v) is 4.47. The minimum Gasteiger partial charge on any atom is -0.310 e. The van der Waals surface area contributed by atoms with Gasteiger partial charge in [0.2, 0.25) is 0 Å². The van der Waals surface area contributed by atoms with E-state index in [1.54, 1.807) is 0 Å². The third kappa shape index (κ3) is 4.98. The van der Waals surface area contributed by atoms with Crippen molar-refractivity contribution in [2.24, 2.45) is 0 Å². The van der Waals surface area contributed by atoms with Crippen LogP contribution in [-0.4, -0.2) is 6.04 Å². The molecule has 2 aromatic rings. The third-order valence-electron chi connectivity index (χ3n) is 3.94. The highest BCUT2D eigenvalue weighted by Crippen LogP contribution is 2.28. The first-order chi connectivity index (χ1) is 9.97. The summed E-state index contributed by atoms with van der Waals surface area (Å²) in [6.45, 7) is 7.82. The lowest BCUT2D eigenvalue weighted by Gasteiger charge is -2.29. The highest BCUT2D eigenvalue weighted by Gasteiger charge is 2.22. The summed E-state index contributed by atoms with van der Waals surface area (Å²) in [4.78, 5) is 0. The zero-order valence-corrected chi connectivity index (χ0v) is 14.7. The molecule has 0 heterocycles. The van der Waals surface area contributed by atoms with E-state index in [9.17, 15) is 0 Å². The Morgan fingerprint density at radius 1 is 1.00 bits per heavy atom. The monoisotopic (exact) mass is 345 g/mol. The van der Waals surface area contributed by atoms with Gasteiger partial charge in [0.05, 0.1) is 0 Å². The summed E-state index contributed by atoms with van der Waals surface area (Å²) in [6.07, 6.45) is 1.12. The first-order valence-corrected chi connectivity index (χ1v) is 8.30. The fourth-order valence-corrected chi connectivity index (χ4v) is 3.00. The summed E-state index contributed by atoms with van der Waals surface area (Å²) in [5, 5.41) is 3.63. The van der Waals surface area contributed by atoms with E-state index >= 15 is 0 Å². The highest BCUT2D eigenvalue weighted by molar-refractivity contribution is 9.10. The van der Waals surface area contributed by atoms with Crippen molar-refractivity contribution in [1.82, 2.24) is 5.32 Å². The van der Waals surface area contributed by atoms with Crippen LogP contribution in [0.5, 0.6) is 0 Å². The molecule has 0 saturated carbocycles. The van der Waals surface area contributed by atoms with Crippen molar-refractivity contribution in [3.63, 3.8) is 0 Å². The zero-order valence-electron chi connectivity index (χ0n) is 13.1. The van der Waals surface area contributed by atoms with Crippen molar-refractivity contribution in [3.05, 3.63) is 70.2 Å². The Hall–Kier alpha value is -1.12. The van der Waals surface area contributed by atoms with E-state index in [0.29, 0.717) is 6.04 Å². The van der Waals surface area contributed by atoms with Gasteiger partial charge in [0.25, 0.3) is 0 Å². The van der Waals surface area contributed by atoms with E-state index < -0.39 is 0 Å². The quantitative estimate of drug-likeness (QED) is 0.749. The summed E-state index contributed by atoms with van der Waals surface area (Å²) in [5.41, 5.74) is 2.91. The van der Waals surface area contributed by atoms with Crippen molar-refractivity contribution in [2.45, 2.75) is 45.2 Å². The molecule has 0 saturated heterocycles. The fourth-order valence-electron chi connectivity index (χ4n) is 2.74. The van der Waals surface area contributed by atoms with Crippen LogP contribution in [0.3, 0.4) is 0 Å². The normalized spacial score (nSPS) is 13.1. The Bertz CT molecular complexity index is 546. The predicted octanol–water partition coefficient (Wildman–Crippen LogP) is 5.30. The number of benzene rings is 2. The molecule has 2 heteroatoms. The Morgan fingerprint density at radius 3 is 2.24 bits per heavy atom. The molecule has 0 radical (unpaired) electrons. The smallest absolute Gasteiger partial charge is 0.0207 e. The van der Waals surface area contributed by atoms with Crippen LogP contribution in [0.15, 0.2) is 59.1 Å². The van der Waals surface area contributed by atoms with E-state index in [4.69, 9.17) is 0 Å². The molecule has 2 rings (SSSR count). The summed E-state index contributed by atoms with van der Waals surface area (Å²) in [6, 6.07) is 19.7. The number of hydrogen-bond acceptors (Lipinski definition) is 1. The second kappa shape index (κ2) is 7.24. The molecule has 1 unspecified atom stereocenters. The second-order valence-corrected chi connectivity index (χ2v) is 7.28. The number of hydrogen-bond donors (Lipinski definition) is 1. The van der Waals surface area contributed by atoms with E-state index in [-0.39, 0.29) is 5.41 Å². The molecule has 1 nitrogen and oxygen atoms in total. The molecule has 0 aliphatic heterocycles. The Morgan fingerprint density at radius 2 is 1.62 bits per heavy atom. The summed E-state index contributed by atoms with van der Waals surface area (Å²) in [7, 11) is 0. The molecule has 0 aliphatic rings. The van der Waals surface area contributed by atoms with Crippen LogP contribution in [0.1, 0.15) is 38.3 Å². The van der Waals surface area contributed by atoms with Gasteiger partial charge < -0.3 is 5.32 Å². The van der Waals surface area contributed by atoms with Crippen molar-refractivity contribution in [3.8, 4) is 0 Å². The van der Waals surface area contributed by atoms with Crippen molar-refractivity contribution in [2.75, 3.05) is 0 Å². The van der Waals surface area contributed by atoms with Gasteiger partial charge in [0, 0.05) is 17.1 Å². The van der Waals surface area contributed by atoms with Gasteiger partial charge in [-0.25, -0.2) is 0 Å². The van der Waals surface area contributed by atoms with Gasteiger partial charge in [-0.2, -0.15) is 0 Å². The van der Waals surface area contributed by atoms with Gasteiger partial charge in [-0.1, -0.05) is 72.2 Å². The average Bonchev–Trinajstić information content (AvgIpc) is 2.47. The Kier molecular flexibility index (Phi) is 5.60. The Balaban J connectivity index is 1.89. The topological polar surface area (TPSA) is 12.0 Å². The first-order valence-electron chi connectivity index (χ1n) is 7.51. The van der Waals surface area contributed by atoms with Gasteiger partial charge in [-0.15, -0.1) is 0 Å². The van der Waals surface area contributed by atoms with Gasteiger partial charge in [0.1, 0.15) is 0 Å². The van der Waals surface area contributed by atoms with Gasteiger partial charge in [0.15, 0.2) is 0 Å². The minimum absolute atomic E-state index is 0.188. The lowest BCUT2D eigenvalue weighted by atomic mass is 9.79. The first kappa shape index (κ1) is 16.3. The van der Waals surface area contributed by atoms with E-state index in [2.05, 4.69) is 96.6 Å². The van der Waals surface area contributed by atoms with Crippen LogP contribution in [0.4, 0.5) is 0 Å². The molecular formula is C19H24BrN. The molecule has 1 atom stereocenters. The van der Waals surface area contributed by atoms with Crippen LogP contribution >= 0.6 is 15.9 Å². The van der Waals surface area contributed by atoms with Gasteiger partial charge in [-0.05, 0) is 42.0 Å². The molecule has 0 fully saturated rings. The average molecular weight is 346 g/mol.